The standard InChI is InChI=1S/C23H27N5O4S/c1-6-28-22(17-9-12-19(31-4)20(13-17)32-5)26-27-23(28)33-14-21(29)25-24-15(2)16-7-10-18(30-3)11-8-16/h7-13H,6,14H2,1-5H3,(H,25,29)/b24-15+. The van der Waals surface area contributed by atoms with Crippen LogP contribution in [0.5, 0.6) is 17.2 Å². The molecule has 0 aliphatic heterocycles. The Kier molecular flexibility index (Phi) is 8.31. The van der Waals surface area contributed by atoms with Gasteiger partial charge < -0.3 is 18.8 Å². The molecule has 0 fully saturated rings. The minimum absolute atomic E-state index is 0.156. The molecular weight excluding hydrogens is 442 g/mol. The minimum Gasteiger partial charge on any atom is -0.497 e. The molecule has 33 heavy (non-hydrogen) atoms. The molecule has 174 valence electrons. The van der Waals surface area contributed by atoms with Gasteiger partial charge in [-0.3, -0.25) is 4.79 Å². The molecule has 0 bridgehead atoms. The maximum absolute atomic E-state index is 12.3. The Bertz CT molecular complexity index is 1130. The Hall–Kier alpha value is -3.53. The second-order valence-corrected chi connectivity index (χ2v) is 7.81. The number of hydrazone groups is 1. The number of amides is 1. The Morgan fingerprint density at radius 2 is 1.76 bits per heavy atom. The monoisotopic (exact) mass is 469 g/mol. The van der Waals surface area contributed by atoms with E-state index < -0.39 is 0 Å². The largest absolute Gasteiger partial charge is 0.497 e. The molecule has 0 aliphatic rings. The summed E-state index contributed by atoms with van der Waals surface area (Å²) in [5.41, 5.74) is 5.03. The quantitative estimate of drug-likeness (QED) is 0.275. The van der Waals surface area contributed by atoms with Gasteiger partial charge in [-0.15, -0.1) is 10.2 Å². The van der Waals surface area contributed by atoms with Crippen molar-refractivity contribution in [1.82, 2.24) is 20.2 Å². The molecule has 1 heterocycles. The van der Waals surface area contributed by atoms with Crippen LogP contribution in [-0.4, -0.2) is 53.5 Å². The summed E-state index contributed by atoms with van der Waals surface area (Å²) in [4.78, 5) is 12.3. The van der Waals surface area contributed by atoms with Crippen LogP contribution in [0.3, 0.4) is 0 Å². The molecule has 1 aromatic heterocycles. The van der Waals surface area contributed by atoms with Gasteiger partial charge in [0.05, 0.1) is 32.8 Å². The van der Waals surface area contributed by atoms with Crippen LogP contribution in [0.25, 0.3) is 11.4 Å². The van der Waals surface area contributed by atoms with Crippen molar-refractivity contribution in [2.75, 3.05) is 27.1 Å². The summed E-state index contributed by atoms with van der Waals surface area (Å²) in [5, 5.41) is 13.4. The molecule has 1 amide bonds. The maximum atomic E-state index is 12.3. The summed E-state index contributed by atoms with van der Waals surface area (Å²) in [6, 6.07) is 13.0. The first-order valence-corrected chi connectivity index (χ1v) is 11.2. The highest BCUT2D eigenvalue weighted by Crippen LogP contribution is 2.32. The predicted molar refractivity (Wildman–Crippen MR) is 128 cm³/mol. The number of rotatable bonds is 10. The number of carbonyl (C=O) groups excluding carboxylic acids is 1. The molecule has 0 atom stereocenters. The van der Waals surface area contributed by atoms with Crippen LogP contribution in [0.1, 0.15) is 19.4 Å². The highest BCUT2D eigenvalue weighted by atomic mass is 32.2. The van der Waals surface area contributed by atoms with Crippen LogP contribution in [0.15, 0.2) is 52.7 Å². The van der Waals surface area contributed by atoms with Crippen LogP contribution < -0.4 is 19.6 Å². The Morgan fingerprint density at radius 1 is 1.03 bits per heavy atom. The fraction of sp³-hybridized carbons (Fsp3) is 0.304. The van der Waals surface area contributed by atoms with Crippen molar-refractivity contribution < 1.29 is 19.0 Å². The van der Waals surface area contributed by atoms with E-state index in [0.29, 0.717) is 34.7 Å². The second kappa shape index (κ2) is 11.4. The van der Waals surface area contributed by atoms with Crippen molar-refractivity contribution in [3.8, 4) is 28.6 Å². The number of benzene rings is 2. The fourth-order valence-electron chi connectivity index (χ4n) is 3.07. The molecule has 0 unspecified atom stereocenters. The molecule has 0 radical (unpaired) electrons. The van der Waals surface area contributed by atoms with Crippen LogP contribution in [0.2, 0.25) is 0 Å². The summed E-state index contributed by atoms with van der Waals surface area (Å²) in [5.74, 6) is 2.63. The molecule has 0 saturated carbocycles. The van der Waals surface area contributed by atoms with Crippen LogP contribution in [0.4, 0.5) is 0 Å². The lowest BCUT2D eigenvalue weighted by atomic mass is 10.1. The number of aromatic nitrogens is 3. The lowest BCUT2D eigenvalue weighted by Crippen LogP contribution is -2.21. The van der Waals surface area contributed by atoms with E-state index in [9.17, 15) is 4.79 Å². The minimum atomic E-state index is -0.230. The van der Waals surface area contributed by atoms with Crippen molar-refractivity contribution in [3.63, 3.8) is 0 Å². The number of nitrogens with zero attached hydrogens (tertiary/aromatic N) is 4. The molecule has 3 aromatic rings. The predicted octanol–water partition coefficient (Wildman–Crippen LogP) is 3.62. The summed E-state index contributed by atoms with van der Waals surface area (Å²) in [6.45, 7) is 4.48. The van der Waals surface area contributed by atoms with E-state index in [0.717, 1.165) is 16.9 Å². The molecule has 0 spiro atoms. The van der Waals surface area contributed by atoms with Gasteiger partial charge in [0.15, 0.2) is 22.5 Å². The van der Waals surface area contributed by atoms with E-state index in [4.69, 9.17) is 14.2 Å². The average molecular weight is 470 g/mol. The van der Waals surface area contributed by atoms with Crippen molar-refractivity contribution in [2.45, 2.75) is 25.5 Å². The van der Waals surface area contributed by atoms with Gasteiger partial charge in [-0.1, -0.05) is 11.8 Å². The summed E-state index contributed by atoms with van der Waals surface area (Å²) in [7, 11) is 4.79. The highest BCUT2D eigenvalue weighted by Gasteiger charge is 2.16. The number of ether oxygens (including phenoxy) is 3. The maximum Gasteiger partial charge on any atom is 0.250 e. The van der Waals surface area contributed by atoms with Gasteiger partial charge in [0.1, 0.15) is 5.75 Å². The van der Waals surface area contributed by atoms with E-state index in [-0.39, 0.29) is 11.7 Å². The molecule has 0 saturated heterocycles. The first-order valence-electron chi connectivity index (χ1n) is 10.3. The number of thioether (sulfide) groups is 1. The second-order valence-electron chi connectivity index (χ2n) is 6.87. The van der Waals surface area contributed by atoms with Crippen LogP contribution in [-0.2, 0) is 11.3 Å². The third-order valence-corrected chi connectivity index (χ3v) is 5.83. The molecule has 10 heteroatoms. The molecule has 2 aromatic carbocycles. The topological polar surface area (TPSA) is 99.9 Å². The number of hydrogen-bond donors (Lipinski definition) is 1. The summed E-state index contributed by atoms with van der Waals surface area (Å²) in [6.07, 6.45) is 0. The SMILES string of the molecule is CCn1c(SCC(=O)N/N=C(\C)c2ccc(OC)cc2)nnc1-c1ccc(OC)c(OC)c1. The van der Waals surface area contributed by atoms with E-state index in [1.54, 1.807) is 21.3 Å². The van der Waals surface area contributed by atoms with Crippen molar-refractivity contribution in [3.05, 3.63) is 48.0 Å². The lowest BCUT2D eigenvalue weighted by molar-refractivity contribution is -0.118. The smallest absolute Gasteiger partial charge is 0.250 e. The van der Waals surface area contributed by atoms with Crippen molar-refractivity contribution in [1.29, 1.82) is 0 Å². The van der Waals surface area contributed by atoms with Gasteiger partial charge in [0.25, 0.3) is 5.91 Å². The van der Waals surface area contributed by atoms with Gasteiger partial charge in [0, 0.05) is 12.1 Å². The summed E-state index contributed by atoms with van der Waals surface area (Å²) >= 11 is 1.30. The zero-order valence-corrected chi connectivity index (χ0v) is 20.1. The van der Waals surface area contributed by atoms with Gasteiger partial charge >= 0.3 is 0 Å². The van der Waals surface area contributed by atoms with Gasteiger partial charge in [-0.25, -0.2) is 5.43 Å². The third kappa shape index (κ3) is 5.83. The third-order valence-electron chi connectivity index (χ3n) is 4.86. The van der Waals surface area contributed by atoms with Gasteiger partial charge in [-0.2, -0.15) is 5.10 Å². The number of carbonyl (C=O) groups is 1. The molecule has 9 nitrogen and oxygen atoms in total. The first-order chi connectivity index (χ1) is 16.0. The molecular formula is C23H27N5O4S. The molecule has 3 rings (SSSR count). The van der Waals surface area contributed by atoms with E-state index in [2.05, 4.69) is 20.7 Å². The van der Waals surface area contributed by atoms with E-state index in [1.807, 2.05) is 60.9 Å². The fourth-order valence-corrected chi connectivity index (χ4v) is 3.87. The average Bonchev–Trinajstić information content (AvgIpc) is 3.28. The zero-order valence-electron chi connectivity index (χ0n) is 19.3. The number of methoxy groups -OCH3 is 3. The van der Waals surface area contributed by atoms with Crippen molar-refractivity contribution in [2.24, 2.45) is 5.10 Å². The number of nitrogens with one attached hydrogen (secondary N) is 1. The van der Waals surface area contributed by atoms with Crippen molar-refractivity contribution >= 4 is 23.4 Å². The normalized spacial score (nSPS) is 11.2. The Balaban J connectivity index is 1.65. The lowest BCUT2D eigenvalue weighted by Gasteiger charge is -2.10. The van der Waals surface area contributed by atoms with Gasteiger partial charge in [0.2, 0.25) is 0 Å². The van der Waals surface area contributed by atoms with E-state index in [1.165, 1.54) is 11.8 Å². The molecule has 1 N–H and O–H groups in total. The molecule has 0 aliphatic carbocycles. The first kappa shape index (κ1) is 24.1. The van der Waals surface area contributed by atoms with Crippen LogP contribution >= 0.6 is 11.8 Å². The van der Waals surface area contributed by atoms with E-state index >= 15 is 0 Å². The Labute approximate surface area is 197 Å². The zero-order chi connectivity index (χ0) is 23.8. The Morgan fingerprint density at radius 3 is 2.39 bits per heavy atom. The summed E-state index contributed by atoms with van der Waals surface area (Å²) < 4.78 is 17.8. The number of hydrogen-bond acceptors (Lipinski definition) is 8. The highest BCUT2D eigenvalue weighted by molar-refractivity contribution is 7.99. The van der Waals surface area contributed by atoms with Gasteiger partial charge in [-0.05, 0) is 61.9 Å². The van der Waals surface area contributed by atoms with Crippen LogP contribution in [0, 0.1) is 0 Å².